The molecular formula is C31H37N3O4S. The van der Waals surface area contributed by atoms with E-state index in [2.05, 4.69) is 39.4 Å². The fourth-order valence-corrected chi connectivity index (χ4v) is 6.54. The molecule has 1 saturated carbocycles. The van der Waals surface area contributed by atoms with Gasteiger partial charge in [0.1, 0.15) is 5.75 Å². The molecule has 0 bridgehead atoms. The van der Waals surface area contributed by atoms with Crippen LogP contribution in [-0.4, -0.2) is 62.8 Å². The molecule has 39 heavy (non-hydrogen) atoms. The summed E-state index contributed by atoms with van der Waals surface area (Å²) in [4.78, 5) is 31.5. The number of esters is 1. The molecule has 1 amide bonds. The van der Waals surface area contributed by atoms with Crippen molar-refractivity contribution in [1.82, 2.24) is 4.90 Å². The van der Waals surface area contributed by atoms with Gasteiger partial charge in [0.25, 0.3) is 0 Å². The number of thiophene rings is 1. The van der Waals surface area contributed by atoms with Gasteiger partial charge in [-0.2, -0.15) is 0 Å². The third-order valence-electron chi connectivity index (χ3n) is 8.35. The van der Waals surface area contributed by atoms with Crippen LogP contribution in [0.25, 0.3) is 10.1 Å². The maximum atomic E-state index is 12.6. The topological polar surface area (TPSA) is 62.3 Å². The Morgan fingerprint density at radius 3 is 2.67 bits per heavy atom. The molecule has 0 atom stereocenters. The Labute approximate surface area is 234 Å². The second-order valence-corrected chi connectivity index (χ2v) is 11.8. The van der Waals surface area contributed by atoms with Crippen molar-refractivity contribution in [2.24, 2.45) is 5.92 Å². The monoisotopic (exact) mass is 547 g/mol. The number of benzene rings is 2. The quantitative estimate of drug-likeness (QED) is 0.248. The number of anilines is 2. The number of hydrogen-bond acceptors (Lipinski definition) is 7. The first kappa shape index (κ1) is 26.1. The van der Waals surface area contributed by atoms with Crippen LogP contribution in [0.3, 0.4) is 0 Å². The highest BCUT2D eigenvalue weighted by Crippen LogP contribution is 2.33. The minimum absolute atomic E-state index is 0.00371. The number of unbranched alkanes of at least 4 members (excludes halogenated alkanes) is 1. The summed E-state index contributed by atoms with van der Waals surface area (Å²) in [7, 11) is 0. The fraction of sp³-hybridized carbons (Fsp3) is 0.484. The molecule has 1 aliphatic carbocycles. The Balaban J connectivity index is 0.942. The number of piperazine rings is 1. The van der Waals surface area contributed by atoms with Gasteiger partial charge in [-0.15, -0.1) is 11.3 Å². The van der Waals surface area contributed by atoms with Crippen LogP contribution in [0.4, 0.5) is 11.4 Å². The predicted molar refractivity (Wildman–Crippen MR) is 156 cm³/mol. The maximum Gasteiger partial charge on any atom is 0.310 e. The summed E-state index contributed by atoms with van der Waals surface area (Å²) in [6.07, 6.45) is 6.08. The Hall–Kier alpha value is -3.10. The fourth-order valence-electron chi connectivity index (χ4n) is 5.73. The van der Waals surface area contributed by atoms with E-state index in [1.807, 2.05) is 29.5 Å². The summed E-state index contributed by atoms with van der Waals surface area (Å²) < 4.78 is 12.9. The first-order valence-corrected chi connectivity index (χ1v) is 15.2. The molecule has 0 unspecified atom stereocenters. The van der Waals surface area contributed by atoms with Crippen molar-refractivity contribution in [2.45, 2.75) is 44.9 Å². The van der Waals surface area contributed by atoms with Gasteiger partial charge in [-0.3, -0.25) is 19.4 Å². The first-order valence-electron chi connectivity index (χ1n) is 14.3. The average Bonchev–Trinajstić information content (AvgIpc) is 3.41. The van der Waals surface area contributed by atoms with Crippen molar-refractivity contribution in [2.75, 3.05) is 55.9 Å². The molecular weight excluding hydrogens is 510 g/mol. The SMILES string of the molecule is O=C(OCN1C(=O)CCc2ccc(OCCCCN3CCN(c4cccc5sccc45)CC3)cc21)C1CCC1. The molecule has 1 aromatic heterocycles. The molecule has 1 saturated heterocycles. The van der Waals surface area contributed by atoms with Crippen molar-refractivity contribution in [1.29, 1.82) is 0 Å². The number of carbonyl (C=O) groups excluding carboxylic acids is 2. The van der Waals surface area contributed by atoms with Crippen LogP contribution in [0.15, 0.2) is 47.8 Å². The average molecular weight is 548 g/mol. The second kappa shape index (κ2) is 12.0. The normalized spacial score (nSPS) is 18.2. The van der Waals surface area contributed by atoms with Gasteiger partial charge < -0.3 is 14.4 Å². The van der Waals surface area contributed by atoms with Crippen LogP contribution in [0.2, 0.25) is 0 Å². The van der Waals surface area contributed by atoms with E-state index in [9.17, 15) is 9.59 Å². The van der Waals surface area contributed by atoms with Crippen LogP contribution in [0.5, 0.6) is 5.75 Å². The van der Waals surface area contributed by atoms with E-state index >= 15 is 0 Å². The molecule has 6 rings (SSSR count). The lowest BCUT2D eigenvalue weighted by Gasteiger charge is -2.36. The van der Waals surface area contributed by atoms with Crippen LogP contribution in [0, 0.1) is 5.92 Å². The van der Waals surface area contributed by atoms with Crippen molar-refractivity contribution >= 4 is 44.7 Å². The molecule has 7 nitrogen and oxygen atoms in total. The Bertz CT molecular complexity index is 1310. The Kier molecular flexibility index (Phi) is 8.02. The van der Waals surface area contributed by atoms with E-state index < -0.39 is 0 Å². The second-order valence-electron chi connectivity index (χ2n) is 10.8. The van der Waals surface area contributed by atoms with Gasteiger partial charge in [-0.05, 0) is 73.9 Å². The number of amides is 1. The zero-order valence-corrected chi connectivity index (χ0v) is 23.3. The van der Waals surface area contributed by atoms with E-state index in [-0.39, 0.29) is 24.5 Å². The number of carbonyl (C=O) groups is 2. The van der Waals surface area contributed by atoms with Crippen LogP contribution >= 0.6 is 11.3 Å². The van der Waals surface area contributed by atoms with Crippen LogP contribution < -0.4 is 14.5 Å². The van der Waals surface area contributed by atoms with Crippen LogP contribution in [-0.2, 0) is 20.7 Å². The van der Waals surface area contributed by atoms with E-state index in [1.54, 1.807) is 4.90 Å². The summed E-state index contributed by atoms with van der Waals surface area (Å²) in [5.74, 6) is 0.571. The number of ether oxygens (including phenoxy) is 2. The molecule has 0 radical (unpaired) electrons. The smallest absolute Gasteiger partial charge is 0.310 e. The highest BCUT2D eigenvalue weighted by molar-refractivity contribution is 7.17. The predicted octanol–water partition coefficient (Wildman–Crippen LogP) is 5.46. The van der Waals surface area contributed by atoms with E-state index in [0.29, 0.717) is 19.4 Å². The third-order valence-corrected chi connectivity index (χ3v) is 9.24. The number of fused-ring (bicyclic) bond motifs is 2. The number of hydrogen-bond donors (Lipinski definition) is 0. The van der Waals surface area contributed by atoms with Crippen molar-refractivity contribution in [3.63, 3.8) is 0 Å². The highest BCUT2D eigenvalue weighted by atomic mass is 32.1. The Morgan fingerprint density at radius 2 is 1.85 bits per heavy atom. The van der Waals surface area contributed by atoms with Gasteiger partial charge in [0, 0.05) is 54.4 Å². The van der Waals surface area contributed by atoms with Crippen LogP contribution in [0.1, 0.15) is 44.1 Å². The van der Waals surface area contributed by atoms with E-state index in [0.717, 1.165) is 81.8 Å². The molecule has 2 aliphatic heterocycles. The van der Waals surface area contributed by atoms with E-state index in [4.69, 9.17) is 9.47 Å². The molecule has 3 aliphatic rings. The summed E-state index contributed by atoms with van der Waals surface area (Å²) in [5.41, 5.74) is 3.26. The summed E-state index contributed by atoms with van der Waals surface area (Å²) in [6.45, 7) is 6.00. The lowest BCUT2D eigenvalue weighted by Crippen LogP contribution is -2.46. The van der Waals surface area contributed by atoms with Gasteiger partial charge in [0.05, 0.1) is 18.2 Å². The molecule has 2 aromatic carbocycles. The zero-order chi connectivity index (χ0) is 26.6. The van der Waals surface area contributed by atoms with Gasteiger partial charge in [0.15, 0.2) is 6.73 Å². The van der Waals surface area contributed by atoms with Gasteiger partial charge in [0.2, 0.25) is 5.91 Å². The minimum Gasteiger partial charge on any atom is -0.494 e. The molecule has 2 fully saturated rings. The molecule has 206 valence electrons. The van der Waals surface area contributed by atoms with Gasteiger partial charge in [-0.1, -0.05) is 18.6 Å². The number of rotatable bonds is 10. The van der Waals surface area contributed by atoms with E-state index in [1.165, 1.54) is 15.8 Å². The first-order chi connectivity index (χ1) is 19.2. The Morgan fingerprint density at radius 1 is 0.974 bits per heavy atom. The molecule has 3 aromatic rings. The van der Waals surface area contributed by atoms with Crippen molar-refractivity contribution in [3.8, 4) is 5.75 Å². The summed E-state index contributed by atoms with van der Waals surface area (Å²) in [5, 5.41) is 3.55. The van der Waals surface area contributed by atoms with Gasteiger partial charge in [-0.25, -0.2) is 0 Å². The number of aryl methyl sites for hydroxylation is 1. The molecule has 3 heterocycles. The molecule has 8 heteroatoms. The largest absolute Gasteiger partial charge is 0.494 e. The number of nitrogens with zero attached hydrogens (tertiary/aromatic N) is 3. The minimum atomic E-state index is -0.185. The van der Waals surface area contributed by atoms with Crippen molar-refractivity contribution < 1.29 is 19.1 Å². The van der Waals surface area contributed by atoms with Gasteiger partial charge >= 0.3 is 5.97 Å². The standard InChI is InChI=1S/C31H37N3O4S/c35-30-12-10-23-9-11-25(21-28(23)34(30)22-38-31(36)24-5-3-6-24)37-19-2-1-14-32-15-17-33(18-16-32)27-7-4-8-29-26(27)13-20-39-29/h4,7-9,11,13,20-21,24H,1-3,5-6,10,12,14-19,22H2. The molecule has 0 N–H and O–H groups in total. The summed E-state index contributed by atoms with van der Waals surface area (Å²) in [6, 6.07) is 14.8. The molecule has 0 spiro atoms. The summed E-state index contributed by atoms with van der Waals surface area (Å²) >= 11 is 1.81. The lowest BCUT2D eigenvalue weighted by atomic mass is 9.86. The third kappa shape index (κ3) is 5.92. The zero-order valence-electron chi connectivity index (χ0n) is 22.5. The van der Waals surface area contributed by atoms with Crippen molar-refractivity contribution in [3.05, 3.63) is 53.4 Å². The lowest BCUT2D eigenvalue weighted by molar-refractivity contribution is -0.151. The maximum absolute atomic E-state index is 12.6. The highest BCUT2D eigenvalue weighted by Gasteiger charge is 2.30.